The summed E-state index contributed by atoms with van der Waals surface area (Å²) in [6, 6.07) is 8.20. The summed E-state index contributed by atoms with van der Waals surface area (Å²) in [5.41, 5.74) is 8.47. The summed E-state index contributed by atoms with van der Waals surface area (Å²) in [6.45, 7) is 1.30. The largest absolute Gasteiger partial charge is 0.397 e. The van der Waals surface area contributed by atoms with Gasteiger partial charge in [0.25, 0.3) is 0 Å². The van der Waals surface area contributed by atoms with Crippen LogP contribution in [-0.2, 0) is 0 Å². The van der Waals surface area contributed by atoms with E-state index in [0.717, 1.165) is 31.5 Å². The number of nitrogens with two attached hydrogens (primary N) is 1. The number of anilines is 2. The highest BCUT2D eigenvalue weighted by atomic mass is 16.2. The molecule has 0 amide bonds. The highest BCUT2D eigenvalue weighted by Crippen LogP contribution is 2.32. The minimum Gasteiger partial charge on any atom is -0.397 e. The number of benzene rings is 1. The van der Waals surface area contributed by atoms with E-state index in [1.807, 2.05) is 12.1 Å². The van der Waals surface area contributed by atoms with Crippen LogP contribution in [-0.4, -0.2) is 24.3 Å². The lowest BCUT2D eigenvalue weighted by Gasteiger charge is -2.38. The minimum atomic E-state index is 0.270. The van der Waals surface area contributed by atoms with Gasteiger partial charge in [-0.1, -0.05) is 0 Å². The third kappa shape index (κ3) is 3.43. The number of nitriles is 1. The van der Waals surface area contributed by atoms with Gasteiger partial charge in [-0.3, -0.25) is 0 Å². The van der Waals surface area contributed by atoms with Crippen LogP contribution < -0.4 is 10.6 Å². The molecule has 1 aromatic carbocycles. The van der Waals surface area contributed by atoms with Crippen molar-refractivity contribution in [2.75, 3.05) is 23.8 Å². The molecule has 0 spiro atoms. The molecule has 1 aromatic rings. The number of nitrogens with zero attached hydrogens (tertiary/aromatic N) is 2. The van der Waals surface area contributed by atoms with Gasteiger partial charge in [-0.05, 0) is 56.7 Å². The Bertz CT molecular complexity index is 481. The second kappa shape index (κ2) is 7.16. The van der Waals surface area contributed by atoms with Crippen molar-refractivity contribution in [1.82, 2.24) is 0 Å². The number of piperidine rings is 1. The van der Waals surface area contributed by atoms with Gasteiger partial charge in [0.2, 0.25) is 0 Å². The first-order valence-corrected chi connectivity index (χ1v) is 7.43. The summed E-state index contributed by atoms with van der Waals surface area (Å²) in [6.07, 6.45) is 6.65. The number of rotatable bonds is 5. The van der Waals surface area contributed by atoms with Crippen LogP contribution in [0.5, 0.6) is 0 Å². The third-order valence-electron chi connectivity index (χ3n) is 4.04. The van der Waals surface area contributed by atoms with Gasteiger partial charge in [0.1, 0.15) is 0 Å². The minimum absolute atomic E-state index is 0.270. The van der Waals surface area contributed by atoms with Crippen molar-refractivity contribution in [3.05, 3.63) is 23.8 Å². The summed E-state index contributed by atoms with van der Waals surface area (Å²) >= 11 is 0. The highest BCUT2D eigenvalue weighted by molar-refractivity contribution is 5.70. The van der Waals surface area contributed by atoms with E-state index in [9.17, 15) is 0 Å². The van der Waals surface area contributed by atoms with Crippen molar-refractivity contribution in [2.45, 2.75) is 44.6 Å². The van der Waals surface area contributed by atoms with Crippen molar-refractivity contribution in [2.24, 2.45) is 0 Å². The van der Waals surface area contributed by atoms with Gasteiger partial charge in [0.05, 0.1) is 23.0 Å². The van der Waals surface area contributed by atoms with Crippen LogP contribution in [0.15, 0.2) is 18.2 Å². The Morgan fingerprint density at radius 2 is 2.20 bits per heavy atom. The fraction of sp³-hybridized carbons (Fsp3) is 0.562. The van der Waals surface area contributed by atoms with E-state index < -0.39 is 0 Å². The zero-order valence-electron chi connectivity index (χ0n) is 11.9. The fourth-order valence-electron chi connectivity index (χ4n) is 3.00. The van der Waals surface area contributed by atoms with Crippen molar-refractivity contribution in [3.63, 3.8) is 0 Å². The van der Waals surface area contributed by atoms with Crippen molar-refractivity contribution >= 4 is 11.4 Å². The Morgan fingerprint density at radius 1 is 1.35 bits per heavy atom. The monoisotopic (exact) mass is 273 g/mol. The Hall–Kier alpha value is -1.73. The second-order valence-electron chi connectivity index (χ2n) is 5.45. The summed E-state index contributed by atoms with van der Waals surface area (Å²) < 4.78 is 0. The van der Waals surface area contributed by atoms with E-state index in [2.05, 4.69) is 11.0 Å². The van der Waals surface area contributed by atoms with Crippen LogP contribution in [0.2, 0.25) is 0 Å². The molecule has 1 heterocycles. The topological polar surface area (TPSA) is 73.3 Å². The number of nitrogen functional groups attached to an aromatic ring is 1. The average Bonchev–Trinajstić information content (AvgIpc) is 2.48. The first-order valence-electron chi connectivity index (χ1n) is 7.43. The van der Waals surface area contributed by atoms with Gasteiger partial charge in [0.15, 0.2) is 0 Å². The number of unbranched alkanes of at least 4 members (excludes halogenated alkanes) is 1. The fourth-order valence-corrected chi connectivity index (χ4v) is 3.00. The van der Waals surface area contributed by atoms with Crippen molar-refractivity contribution in [1.29, 1.82) is 5.26 Å². The zero-order valence-corrected chi connectivity index (χ0v) is 11.9. The summed E-state index contributed by atoms with van der Waals surface area (Å²) in [5.74, 6) is 0. The highest BCUT2D eigenvalue weighted by Gasteiger charge is 2.23. The maximum atomic E-state index is 8.92. The Morgan fingerprint density at radius 3 is 2.90 bits per heavy atom. The molecule has 4 heteroatoms. The van der Waals surface area contributed by atoms with Gasteiger partial charge in [-0.15, -0.1) is 0 Å². The molecule has 1 atom stereocenters. The van der Waals surface area contributed by atoms with Crippen LogP contribution in [0.25, 0.3) is 0 Å². The SMILES string of the molecule is N#Cc1ccc(N2CCCCC2CCCCO)c(N)c1. The van der Waals surface area contributed by atoms with Crippen LogP contribution >= 0.6 is 0 Å². The number of hydrogen-bond acceptors (Lipinski definition) is 4. The summed E-state index contributed by atoms with van der Waals surface area (Å²) in [7, 11) is 0. The number of aliphatic hydroxyl groups excluding tert-OH is 1. The predicted octanol–water partition coefficient (Wildman–Crippen LogP) is 2.66. The molecule has 0 aromatic heterocycles. The zero-order chi connectivity index (χ0) is 14.4. The first kappa shape index (κ1) is 14.7. The standard InChI is InChI=1S/C16H23N3O/c17-12-13-7-8-16(15(18)11-13)19-9-3-1-5-14(19)6-2-4-10-20/h7-8,11,14,20H,1-6,9-10,18H2. The van der Waals surface area contributed by atoms with Crippen molar-refractivity contribution in [3.8, 4) is 6.07 Å². The molecule has 2 rings (SSSR count). The molecular weight excluding hydrogens is 250 g/mol. The smallest absolute Gasteiger partial charge is 0.0992 e. The molecular formula is C16H23N3O. The van der Waals surface area contributed by atoms with Gasteiger partial charge in [-0.2, -0.15) is 5.26 Å². The maximum Gasteiger partial charge on any atom is 0.0992 e. The average molecular weight is 273 g/mol. The molecule has 1 fully saturated rings. The van der Waals surface area contributed by atoms with Crippen molar-refractivity contribution < 1.29 is 5.11 Å². The third-order valence-corrected chi connectivity index (χ3v) is 4.04. The Kier molecular flexibility index (Phi) is 5.25. The normalized spacial score (nSPS) is 18.8. The lowest BCUT2D eigenvalue weighted by molar-refractivity contribution is 0.278. The Balaban J connectivity index is 2.13. The van der Waals surface area contributed by atoms with E-state index in [1.54, 1.807) is 6.07 Å². The molecule has 1 aliphatic heterocycles. The summed E-state index contributed by atoms with van der Waals surface area (Å²) in [4.78, 5) is 2.39. The van der Waals surface area contributed by atoms with E-state index >= 15 is 0 Å². The van der Waals surface area contributed by atoms with E-state index in [0.29, 0.717) is 17.3 Å². The molecule has 0 saturated carbocycles. The van der Waals surface area contributed by atoms with Gasteiger partial charge in [-0.25, -0.2) is 0 Å². The Labute approximate surface area is 120 Å². The van der Waals surface area contributed by atoms with Gasteiger partial charge >= 0.3 is 0 Å². The molecule has 20 heavy (non-hydrogen) atoms. The molecule has 0 bridgehead atoms. The predicted molar refractivity (Wildman–Crippen MR) is 81.5 cm³/mol. The van der Waals surface area contributed by atoms with Gasteiger partial charge < -0.3 is 15.7 Å². The molecule has 108 valence electrons. The van der Waals surface area contributed by atoms with E-state index in [-0.39, 0.29) is 6.61 Å². The first-order chi connectivity index (χ1) is 9.76. The maximum absolute atomic E-state index is 8.92. The summed E-state index contributed by atoms with van der Waals surface area (Å²) in [5, 5.41) is 17.8. The molecule has 1 unspecified atom stereocenters. The molecule has 0 radical (unpaired) electrons. The molecule has 4 nitrogen and oxygen atoms in total. The van der Waals surface area contributed by atoms with Crippen LogP contribution in [0.3, 0.4) is 0 Å². The quantitative estimate of drug-likeness (QED) is 0.639. The van der Waals surface area contributed by atoms with Crippen LogP contribution in [0.1, 0.15) is 44.1 Å². The second-order valence-corrected chi connectivity index (χ2v) is 5.45. The molecule has 1 aliphatic rings. The molecule has 0 aliphatic carbocycles. The molecule has 3 N–H and O–H groups in total. The van der Waals surface area contributed by atoms with E-state index in [4.69, 9.17) is 16.1 Å². The van der Waals surface area contributed by atoms with E-state index in [1.165, 1.54) is 19.3 Å². The molecule has 1 saturated heterocycles. The van der Waals surface area contributed by atoms with Gasteiger partial charge in [0, 0.05) is 19.2 Å². The lowest BCUT2D eigenvalue weighted by atomic mass is 9.96. The number of aliphatic hydroxyl groups is 1. The van der Waals surface area contributed by atoms with Crippen LogP contribution in [0.4, 0.5) is 11.4 Å². The lowest BCUT2D eigenvalue weighted by Crippen LogP contribution is -2.40. The number of hydrogen-bond donors (Lipinski definition) is 2. The van der Waals surface area contributed by atoms with Crippen LogP contribution in [0, 0.1) is 11.3 Å².